The molecule has 0 radical (unpaired) electrons. The fourth-order valence-electron chi connectivity index (χ4n) is 3.01. The van der Waals surface area contributed by atoms with Gasteiger partial charge in [-0.1, -0.05) is 19.0 Å². The van der Waals surface area contributed by atoms with E-state index in [9.17, 15) is 4.79 Å². The Labute approximate surface area is 142 Å². The van der Waals surface area contributed by atoms with Gasteiger partial charge < -0.3 is 9.42 Å². The van der Waals surface area contributed by atoms with Crippen molar-refractivity contribution in [2.24, 2.45) is 0 Å². The van der Waals surface area contributed by atoms with Gasteiger partial charge in [-0.05, 0) is 25.3 Å². The van der Waals surface area contributed by atoms with Crippen LogP contribution in [0.5, 0.6) is 0 Å². The molecular weight excluding hydrogens is 306 g/mol. The number of piperidine rings is 1. The molecule has 2 aromatic heterocycles. The molecule has 2 aromatic rings. The topological polar surface area (TPSA) is 77.0 Å². The highest BCUT2D eigenvalue weighted by atomic mass is 16.5. The zero-order valence-corrected chi connectivity index (χ0v) is 14.4. The fraction of sp³-hybridized carbons (Fsp3) is 0.647. The average molecular weight is 331 g/mol. The van der Waals surface area contributed by atoms with E-state index in [1.165, 1.54) is 0 Å². The van der Waals surface area contributed by atoms with Crippen LogP contribution in [0.15, 0.2) is 23.0 Å². The number of amides is 1. The third kappa shape index (κ3) is 4.01. The normalized spacial score (nSPS) is 16.0. The number of nitrogens with zero attached hydrogens (tertiary/aromatic N) is 5. The van der Waals surface area contributed by atoms with Crippen LogP contribution in [-0.2, 0) is 11.3 Å². The van der Waals surface area contributed by atoms with E-state index in [-0.39, 0.29) is 17.7 Å². The van der Waals surface area contributed by atoms with Crippen molar-refractivity contribution in [3.05, 3.63) is 30.2 Å². The quantitative estimate of drug-likeness (QED) is 0.813. The second-order valence-corrected chi connectivity index (χ2v) is 6.67. The first-order valence-corrected chi connectivity index (χ1v) is 8.72. The standard InChI is InChI=1S/C17H25N5O2/c1-13(2)16-19-17(24-20-16)14-6-11-21(12-7-14)15(23)5-3-9-22-10-4-8-18-22/h4,8,10,13-14H,3,5-7,9,11-12H2,1-2H3. The first-order valence-electron chi connectivity index (χ1n) is 8.72. The lowest BCUT2D eigenvalue weighted by atomic mass is 9.96. The molecule has 3 rings (SSSR count). The van der Waals surface area contributed by atoms with Crippen molar-refractivity contribution in [1.82, 2.24) is 24.8 Å². The second-order valence-electron chi connectivity index (χ2n) is 6.67. The fourth-order valence-corrected chi connectivity index (χ4v) is 3.01. The van der Waals surface area contributed by atoms with Gasteiger partial charge in [-0.15, -0.1) is 0 Å². The van der Waals surface area contributed by atoms with Crippen LogP contribution in [0.25, 0.3) is 0 Å². The van der Waals surface area contributed by atoms with Gasteiger partial charge in [-0.2, -0.15) is 10.1 Å². The molecule has 7 heteroatoms. The summed E-state index contributed by atoms with van der Waals surface area (Å²) in [5, 5.41) is 8.19. The molecule has 0 bridgehead atoms. The SMILES string of the molecule is CC(C)c1noc(C2CCN(C(=O)CCCn3cccn3)CC2)n1. The van der Waals surface area contributed by atoms with E-state index in [2.05, 4.69) is 29.1 Å². The Balaban J connectivity index is 1.43. The Morgan fingerprint density at radius 3 is 2.79 bits per heavy atom. The Hall–Kier alpha value is -2.18. The predicted molar refractivity (Wildman–Crippen MR) is 88.4 cm³/mol. The Morgan fingerprint density at radius 1 is 1.38 bits per heavy atom. The average Bonchev–Trinajstić information content (AvgIpc) is 3.26. The Morgan fingerprint density at radius 2 is 2.17 bits per heavy atom. The Bertz CT molecular complexity index is 642. The monoisotopic (exact) mass is 331 g/mol. The van der Waals surface area contributed by atoms with Crippen LogP contribution < -0.4 is 0 Å². The summed E-state index contributed by atoms with van der Waals surface area (Å²) >= 11 is 0. The van der Waals surface area contributed by atoms with Crippen LogP contribution in [0.3, 0.4) is 0 Å². The number of rotatable bonds is 6. The molecule has 1 fully saturated rings. The van der Waals surface area contributed by atoms with E-state index in [0.717, 1.165) is 50.6 Å². The first-order chi connectivity index (χ1) is 11.6. The molecule has 0 aliphatic carbocycles. The van der Waals surface area contributed by atoms with Gasteiger partial charge in [0.2, 0.25) is 11.8 Å². The molecule has 1 aliphatic rings. The number of hydrogen-bond donors (Lipinski definition) is 0. The number of hydrogen-bond acceptors (Lipinski definition) is 5. The highest BCUT2D eigenvalue weighted by Gasteiger charge is 2.27. The minimum absolute atomic E-state index is 0.231. The van der Waals surface area contributed by atoms with Gasteiger partial charge in [-0.3, -0.25) is 9.48 Å². The second kappa shape index (κ2) is 7.59. The van der Waals surface area contributed by atoms with Gasteiger partial charge in [-0.25, -0.2) is 0 Å². The smallest absolute Gasteiger partial charge is 0.229 e. The number of aryl methyl sites for hydroxylation is 1. The van der Waals surface area contributed by atoms with Crippen molar-refractivity contribution in [2.75, 3.05) is 13.1 Å². The summed E-state index contributed by atoms with van der Waals surface area (Å²) in [5.74, 6) is 2.28. The number of likely N-dealkylation sites (tertiary alicyclic amines) is 1. The third-order valence-electron chi connectivity index (χ3n) is 4.51. The van der Waals surface area contributed by atoms with Crippen molar-refractivity contribution < 1.29 is 9.32 Å². The number of aromatic nitrogens is 4. The van der Waals surface area contributed by atoms with Gasteiger partial charge in [0.05, 0.1) is 0 Å². The summed E-state index contributed by atoms with van der Waals surface area (Å²) in [5.41, 5.74) is 0. The lowest BCUT2D eigenvalue weighted by Crippen LogP contribution is -2.38. The van der Waals surface area contributed by atoms with Crippen molar-refractivity contribution in [1.29, 1.82) is 0 Å². The van der Waals surface area contributed by atoms with Crippen molar-refractivity contribution in [3.8, 4) is 0 Å². The molecule has 0 unspecified atom stereocenters. The van der Waals surface area contributed by atoms with Crippen LogP contribution in [0.2, 0.25) is 0 Å². The Kier molecular flexibility index (Phi) is 5.27. The zero-order valence-electron chi connectivity index (χ0n) is 14.4. The summed E-state index contributed by atoms with van der Waals surface area (Å²) in [6.07, 6.45) is 6.86. The van der Waals surface area contributed by atoms with Crippen molar-refractivity contribution >= 4 is 5.91 Å². The van der Waals surface area contributed by atoms with E-state index in [4.69, 9.17) is 4.52 Å². The molecule has 24 heavy (non-hydrogen) atoms. The van der Waals surface area contributed by atoms with Crippen LogP contribution in [-0.4, -0.2) is 43.8 Å². The molecule has 0 spiro atoms. The van der Waals surface area contributed by atoms with E-state index < -0.39 is 0 Å². The van der Waals surface area contributed by atoms with Gasteiger partial charge in [0, 0.05) is 50.3 Å². The van der Waals surface area contributed by atoms with Gasteiger partial charge in [0.1, 0.15) is 0 Å². The highest BCUT2D eigenvalue weighted by Crippen LogP contribution is 2.28. The molecule has 7 nitrogen and oxygen atoms in total. The molecule has 0 atom stereocenters. The maximum atomic E-state index is 12.3. The van der Waals surface area contributed by atoms with Gasteiger partial charge in [0.25, 0.3) is 0 Å². The molecule has 1 aliphatic heterocycles. The number of carbonyl (C=O) groups is 1. The van der Waals surface area contributed by atoms with Gasteiger partial charge >= 0.3 is 0 Å². The predicted octanol–water partition coefficient (Wildman–Crippen LogP) is 2.58. The van der Waals surface area contributed by atoms with E-state index >= 15 is 0 Å². The third-order valence-corrected chi connectivity index (χ3v) is 4.51. The lowest BCUT2D eigenvalue weighted by molar-refractivity contribution is -0.132. The summed E-state index contributed by atoms with van der Waals surface area (Å²) in [7, 11) is 0. The first kappa shape index (κ1) is 16.7. The van der Waals surface area contributed by atoms with Crippen LogP contribution in [0, 0.1) is 0 Å². The molecule has 1 amide bonds. The molecular formula is C17H25N5O2. The number of carbonyl (C=O) groups excluding carboxylic acids is 1. The maximum absolute atomic E-state index is 12.3. The lowest BCUT2D eigenvalue weighted by Gasteiger charge is -2.30. The summed E-state index contributed by atoms with van der Waals surface area (Å²) in [6.45, 7) is 6.43. The van der Waals surface area contributed by atoms with Gasteiger partial charge in [0.15, 0.2) is 5.82 Å². The van der Waals surface area contributed by atoms with Crippen molar-refractivity contribution in [3.63, 3.8) is 0 Å². The summed E-state index contributed by atoms with van der Waals surface area (Å²) in [6, 6.07) is 1.90. The molecule has 130 valence electrons. The van der Waals surface area contributed by atoms with Crippen LogP contribution in [0.4, 0.5) is 0 Å². The molecule has 0 saturated carbocycles. The van der Waals surface area contributed by atoms with E-state index in [1.807, 2.05) is 21.8 Å². The summed E-state index contributed by atoms with van der Waals surface area (Å²) < 4.78 is 7.26. The highest BCUT2D eigenvalue weighted by molar-refractivity contribution is 5.76. The zero-order chi connectivity index (χ0) is 16.9. The van der Waals surface area contributed by atoms with E-state index in [1.54, 1.807) is 6.20 Å². The van der Waals surface area contributed by atoms with Crippen molar-refractivity contribution in [2.45, 2.75) is 57.9 Å². The van der Waals surface area contributed by atoms with Crippen LogP contribution >= 0.6 is 0 Å². The molecule has 0 N–H and O–H groups in total. The summed E-state index contributed by atoms with van der Waals surface area (Å²) in [4.78, 5) is 18.8. The maximum Gasteiger partial charge on any atom is 0.229 e. The minimum Gasteiger partial charge on any atom is -0.343 e. The largest absolute Gasteiger partial charge is 0.343 e. The molecule has 3 heterocycles. The molecule has 0 aromatic carbocycles. The minimum atomic E-state index is 0.231. The van der Waals surface area contributed by atoms with E-state index in [0.29, 0.717) is 6.42 Å². The molecule has 1 saturated heterocycles. The van der Waals surface area contributed by atoms with Crippen LogP contribution in [0.1, 0.15) is 63.1 Å².